The number of benzene rings is 2. The Balaban J connectivity index is 1.81. The van der Waals surface area contributed by atoms with Crippen molar-refractivity contribution in [2.75, 3.05) is 13.1 Å². The molecule has 1 aliphatic heterocycles. The van der Waals surface area contributed by atoms with Crippen LogP contribution >= 0.6 is 0 Å². The number of nitro benzene ring substituents is 1. The zero-order valence-electron chi connectivity index (χ0n) is 14.9. The van der Waals surface area contributed by atoms with Gasteiger partial charge in [-0.05, 0) is 31.4 Å². The molecule has 140 valence electrons. The SMILES string of the molecule is Cc1ccc(C(=O)N2CCC(C(=O)O)(c3ccccc3)CC2)cc1[N+](=O)[O-]. The number of nitrogens with zero attached hydrogens (tertiary/aromatic N) is 2. The summed E-state index contributed by atoms with van der Waals surface area (Å²) in [4.78, 5) is 36.9. The number of hydrogen-bond acceptors (Lipinski definition) is 4. The fourth-order valence-corrected chi connectivity index (χ4v) is 3.60. The quantitative estimate of drug-likeness (QED) is 0.660. The van der Waals surface area contributed by atoms with Crippen LogP contribution in [0.2, 0.25) is 0 Å². The molecule has 0 saturated carbocycles. The van der Waals surface area contributed by atoms with Crippen LogP contribution < -0.4 is 0 Å². The molecule has 1 N–H and O–H groups in total. The lowest BCUT2D eigenvalue weighted by atomic mass is 9.72. The van der Waals surface area contributed by atoms with Crippen LogP contribution in [0.1, 0.15) is 34.3 Å². The molecular weight excluding hydrogens is 348 g/mol. The molecule has 7 heteroatoms. The lowest BCUT2D eigenvalue weighted by Gasteiger charge is -2.39. The number of nitro groups is 1. The molecular formula is C20H20N2O5. The van der Waals surface area contributed by atoms with E-state index in [-0.39, 0.29) is 30.2 Å². The number of rotatable bonds is 4. The highest BCUT2D eigenvalue weighted by Crippen LogP contribution is 2.36. The second-order valence-electron chi connectivity index (χ2n) is 6.80. The molecule has 0 bridgehead atoms. The topological polar surface area (TPSA) is 101 Å². The van der Waals surface area contributed by atoms with Gasteiger partial charge in [-0.1, -0.05) is 36.4 Å². The number of likely N-dealkylation sites (tertiary alicyclic amines) is 1. The Bertz CT molecular complexity index is 887. The zero-order chi connectivity index (χ0) is 19.6. The van der Waals surface area contributed by atoms with E-state index in [1.54, 1.807) is 36.1 Å². The highest BCUT2D eigenvalue weighted by Gasteiger charge is 2.44. The van der Waals surface area contributed by atoms with Crippen molar-refractivity contribution in [2.45, 2.75) is 25.2 Å². The van der Waals surface area contributed by atoms with E-state index in [9.17, 15) is 24.8 Å². The maximum absolute atomic E-state index is 12.8. The summed E-state index contributed by atoms with van der Waals surface area (Å²) in [5, 5.41) is 20.9. The normalized spacial score (nSPS) is 16.0. The Labute approximate surface area is 156 Å². The van der Waals surface area contributed by atoms with Crippen molar-refractivity contribution in [3.8, 4) is 0 Å². The fraction of sp³-hybridized carbons (Fsp3) is 0.300. The molecule has 1 aliphatic rings. The fourth-order valence-electron chi connectivity index (χ4n) is 3.60. The van der Waals surface area contributed by atoms with Crippen molar-refractivity contribution in [3.05, 3.63) is 75.3 Å². The number of hydrogen-bond donors (Lipinski definition) is 1. The number of carboxylic acids is 1. The summed E-state index contributed by atoms with van der Waals surface area (Å²) in [6, 6.07) is 13.5. The first kappa shape index (κ1) is 18.6. The maximum atomic E-state index is 12.8. The smallest absolute Gasteiger partial charge is 0.314 e. The van der Waals surface area contributed by atoms with Gasteiger partial charge in [-0.15, -0.1) is 0 Å². The lowest BCUT2D eigenvalue weighted by Crippen LogP contribution is -2.49. The van der Waals surface area contributed by atoms with Crippen LogP contribution in [-0.2, 0) is 10.2 Å². The minimum Gasteiger partial charge on any atom is -0.481 e. The Morgan fingerprint density at radius 1 is 1.11 bits per heavy atom. The average Bonchev–Trinajstić information content (AvgIpc) is 2.68. The van der Waals surface area contributed by atoms with Gasteiger partial charge in [0.2, 0.25) is 0 Å². The Morgan fingerprint density at radius 2 is 1.74 bits per heavy atom. The first-order chi connectivity index (χ1) is 12.8. The summed E-state index contributed by atoms with van der Waals surface area (Å²) in [7, 11) is 0. The van der Waals surface area contributed by atoms with Gasteiger partial charge in [-0.25, -0.2) is 0 Å². The van der Waals surface area contributed by atoms with E-state index in [1.807, 2.05) is 18.2 Å². The van der Waals surface area contributed by atoms with E-state index >= 15 is 0 Å². The van der Waals surface area contributed by atoms with E-state index in [0.29, 0.717) is 18.4 Å². The summed E-state index contributed by atoms with van der Waals surface area (Å²) in [6.07, 6.45) is 0.595. The molecule has 1 saturated heterocycles. The second kappa shape index (κ2) is 7.19. The molecule has 2 aromatic rings. The van der Waals surface area contributed by atoms with Crippen molar-refractivity contribution >= 4 is 17.6 Å². The number of amides is 1. The molecule has 7 nitrogen and oxygen atoms in total. The second-order valence-corrected chi connectivity index (χ2v) is 6.80. The summed E-state index contributed by atoms with van der Waals surface area (Å²) in [5.74, 6) is -1.21. The predicted octanol–water partition coefficient (Wildman–Crippen LogP) is 3.16. The number of carbonyl (C=O) groups excluding carboxylic acids is 1. The number of aryl methyl sites for hydroxylation is 1. The molecule has 1 fully saturated rings. The van der Waals surface area contributed by atoms with Gasteiger partial charge in [0.25, 0.3) is 11.6 Å². The van der Waals surface area contributed by atoms with Crippen LogP contribution in [0.15, 0.2) is 48.5 Å². The number of aliphatic carboxylic acids is 1. The average molecular weight is 368 g/mol. The third-order valence-electron chi connectivity index (χ3n) is 5.29. The maximum Gasteiger partial charge on any atom is 0.314 e. The minimum absolute atomic E-state index is 0.0953. The highest BCUT2D eigenvalue weighted by atomic mass is 16.6. The van der Waals surface area contributed by atoms with Gasteiger partial charge < -0.3 is 10.0 Å². The van der Waals surface area contributed by atoms with Gasteiger partial charge in [0.15, 0.2) is 0 Å². The number of carbonyl (C=O) groups is 2. The van der Waals surface area contributed by atoms with Gasteiger partial charge in [0, 0.05) is 30.3 Å². The van der Waals surface area contributed by atoms with Gasteiger partial charge in [0.05, 0.1) is 10.3 Å². The molecule has 0 atom stereocenters. The number of piperidine rings is 1. The third kappa shape index (κ3) is 3.40. The Morgan fingerprint density at radius 3 is 2.30 bits per heavy atom. The standard InChI is InChI=1S/C20H20N2O5/c1-14-7-8-15(13-17(14)22(26)27)18(23)21-11-9-20(10-12-21,19(24)25)16-5-3-2-4-6-16/h2-8,13H,9-12H2,1H3,(H,24,25). The van der Waals surface area contributed by atoms with Gasteiger partial charge >= 0.3 is 5.97 Å². The molecule has 0 aliphatic carbocycles. The van der Waals surface area contributed by atoms with Crippen LogP contribution in [0.25, 0.3) is 0 Å². The molecule has 0 aromatic heterocycles. The van der Waals surface area contributed by atoms with Crippen molar-refractivity contribution in [1.82, 2.24) is 4.90 Å². The molecule has 1 heterocycles. The first-order valence-corrected chi connectivity index (χ1v) is 8.68. The van der Waals surface area contributed by atoms with Crippen LogP contribution in [-0.4, -0.2) is 39.9 Å². The molecule has 1 amide bonds. The van der Waals surface area contributed by atoms with E-state index in [0.717, 1.165) is 5.56 Å². The summed E-state index contributed by atoms with van der Waals surface area (Å²) in [6.45, 7) is 2.18. The van der Waals surface area contributed by atoms with Crippen molar-refractivity contribution in [1.29, 1.82) is 0 Å². The number of carboxylic acid groups (broad SMARTS) is 1. The van der Waals surface area contributed by atoms with Crippen molar-refractivity contribution in [2.24, 2.45) is 0 Å². The van der Waals surface area contributed by atoms with E-state index in [1.165, 1.54) is 6.07 Å². The Hall–Kier alpha value is -3.22. The van der Waals surface area contributed by atoms with Crippen LogP contribution in [0.5, 0.6) is 0 Å². The monoisotopic (exact) mass is 368 g/mol. The first-order valence-electron chi connectivity index (χ1n) is 8.68. The van der Waals surface area contributed by atoms with E-state index < -0.39 is 16.3 Å². The van der Waals surface area contributed by atoms with Crippen LogP contribution in [0, 0.1) is 17.0 Å². The lowest BCUT2D eigenvalue weighted by molar-refractivity contribution is -0.385. The molecule has 0 spiro atoms. The molecule has 3 rings (SSSR count). The Kier molecular flexibility index (Phi) is 4.94. The summed E-state index contributed by atoms with van der Waals surface area (Å²) >= 11 is 0. The molecule has 0 unspecified atom stereocenters. The van der Waals surface area contributed by atoms with Gasteiger partial charge in [0.1, 0.15) is 0 Å². The highest BCUT2D eigenvalue weighted by molar-refractivity contribution is 5.95. The van der Waals surface area contributed by atoms with Gasteiger partial charge in [-0.3, -0.25) is 19.7 Å². The van der Waals surface area contributed by atoms with Crippen LogP contribution in [0.3, 0.4) is 0 Å². The predicted molar refractivity (Wildman–Crippen MR) is 98.7 cm³/mol. The molecule has 0 radical (unpaired) electrons. The van der Waals surface area contributed by atoms with Crippen LogP contribution in [0.4, 0.5) is 5.69 Å². The molecule has 2 aromatic carbocycles. The summed E-state index contributed by atoms with van der Waals surface area (Å²) in [5.41, 5.74) is 0.355. The molecule has 27 heavy (non-hydrogen) atoms. The summed E-state index contributed by atoms with van der Waals surface area (Å²) < 4.78 is 0. The van der Waals surface area contributed by atoms with E-state index in [2.05, 4.69) is 0 Å². The van der Waals surface area contributed by atoms with E-state index in [4.69, 9.17) is 0 Å². The van der Waals surface area contributed by atoms with Crippen molar-refractivity contribution in [3.63, 3.8) is 0 Å². The van der Waals surface area contributed by atoms with Crippen molar-refractivity contribution < 1.29 is 19.6 Å². The largest absolute Gasteiger partial charge is 0.481 e. The minimum atomic E-state index is -1.02. The third-order valence-corrected chi connectivity index (χ3v) is 5.29. The van der Waals surface area contributed by atoms with Gasteiger partial charge in [-0.2, -0.15) is 0 Å². The zero-order valence-corrected chi connectivity index (χ0v) is 14.9.